The number of hydrogen-bond acceptors (Lipinski definition) is 5. The summed E-state index contributed by atoms with van der Waals surface area (Å²) in [6, 6.07) is 3.35. The van der Waals surface area contributed by atoms with E-state index in [0.29, 0.717) is 6.04 Å². The minimum Gasteiger partial charge on any atom is -0.364 e. The fourth-order valence-electron chi connectivity index (χ4n) is 3.63. The lowest BCUT2D eigenvalue weighted by molar-refractivity contribution is 0.168. The van der Waals surface area contributed by atoms with Crippen molar-refractivity contribution in [2.24, 2.45) is 4.99 Å². The standard InChI is InChI=1S/C19H34N6O/c1-4-20-19(21-8-9-25(16(2)3)18-5-6-18)24-12-10-23(11-13-24)15-17-7-14-26-22-17/h7,14,16,18H,4-6,8-13,15H2,1-3H3,(H,20,21). The van der Waals surface area contributed by atoms with Crippen molar-refractivity contribution in [1.29, 1.82) is 0 Å². The van der Waals surface area contributed by atoms with Crippen LogP contribution in [0.1, 0.15) is 39.3 Å². The first-order chi connectivity index (χ1) is 12.7. The van der Waals surface area contributed by atoms with Crippen LogP contribution in [-0.2, 0) is 6.54 Å². The van der Waals surface area contributed by atoms with E-state index < -0.39 is 0 Å². The van der Waals surface area contributed by atoms with E-state index >= 15 is 0 Å². The molecular formula is C19H34N6O. The van der Waals surface area contributed by atoms with Crippen LogP contribution in [0, 0.1) is 0 Å². The van der Waals surface area contributed by atoms with Crippen molar-refractivity contribution in [3.63, 3.8) is 0 Å². The zero-order valence-corrected chi connectivity index (χ0v) is 16.5. The summed E-state index contributed by atoms with van der Waals surface area (Å²) in [5.41, 5.74) is 1.01. The lowest BCUT2D eigenvalue weighted by Gasteiger charge is -2.36. The predicted molar refractivity (Wildman–Crippen MR) is 104 cm³/mol. The Kier molecular flexibility index (Phi) is 6.91. The smallest absolute Gasteiger partial charge is 0.194 e. The van der Waals surface area contributed by atoms with E-state index in [9.17, 15) is 0 Å². The Morgan fingerprint density at radius 2 is 2.12 bits per heavy atom. The molecule has 1 aliphatic carbocycles. The summed E-state index contributed by atoms with van der Waals surface area (Å²) in [7, 11) is 0. The normalized spacial score (nSPS) is 19.6. The van der Waals surface area contributed by atoms with E-state index in [0.717, 1.165) is 70.1 Å². The number of aliphatic imine (C=N–C) groups is 1. The molecule has 0 spiro atoms. The molecule has 0 unspecified atom stereocenters. The molecule has 1 N–H and O–H groups in total. The van der Waals surface area contributed by atoms with E-state index in [1.54, 1.807) is 6.26 Å². The van der Waals surface area contributed by atoms with Crippen molar-refractivity contribution in [3.05, 3.63) is 18.0 Å². The molecular weight excluding hydrogens is 328 g/mol. The Morgan fingerprint density at radius 3 is 2.69 bits per heavy atom. The van der Waals surface area contributed by atoms with Gasteiger partial charge in [-0.25, -0.2) is 0 Å². The fraction of sp³-hybridized carbons (Fsp3) is 0.789. The average molecular weight is 363 g/mol. The van der Waals surface area contributed by atoms with Crippen LogP contribution in [0.2, 0.25) is 0 Å². The SMILES string of the molecule is CCNC(=NCCN(C(C)C)C1CC1)N1CCN(Cc2ccon2)CC1. The van der Waals surface area contributed by atoms with E-state index in [-0.39, 0.29) is 0 Å². The van der Waals surface area contributed by atoms with Crippen LogP contribution >= 0.6 is 0 Å². The van der Waals surface area contributed by atoms with E-state index in [1.165, 1.54) is 12.8 Å². The van der Waals surface area contributed by atoms with Gasteiger partial charge in [-0.2, -0.15) is 0 Å². The minimum absolute atomic E-state index is 0.611. The van der Waals surface area contributed by atoms with Crippen molar-refractivity contribution >= 4 is 5.96 Å². The highest BCUT2D eigenvalue weighted by Gasteiger charge is 2.30. The summed E-state index contributed by atoms with van der Waals surface area (Å²) in [6.45, 7) is 14.5. The molecule has 0 amide bonds. The summed E-state index contributed by atoms with van der Waals surface area (Å²) >= 11 is 0. The van der Waals surface area contributed by atoms with Crippen molar-refractivity contribution < 1.29 is 4.52 Å². The zero-order valence-electron chi connectivity index (χ0n) is 16.5. The second-order valence-electron chi connectivity index (χ2n) is 7.55. The lowest BCUT2D eigenvalue weighted by atomic mass is 10.3. The molecule has 2 fully saturated rings. The topological polar surface area (TPSA) is 60.1 Å². The predicted octanol–water partition coefficient (Wildman–Crippen LogP) is 1.63. The third-order valence-electron chi connectivity index (χ3n) is 5.18. The van der Waals surface area contributed by atoms with Gasteiger partial charge < -0.3 is 14.7 Å². The molecule has 0 radical (unpaired) electrons. The average Bonchev–Trinajstić information content (AvgIpc) is 3.34. The number of aromatic nitrogens is 1. The van der Waals surface area contributed by atoms with Gasteiger partial charge in [0.2, 0.25) is 0 Å². The van der Waals surface area contributed by atoms with Crippen LogP contribution < -0.4 is 5.32 Å². The van der Waals surface area contributed by atoms with Crippen LogP contribution in [0.25, 0.3) is 0 Å². The maximum absolute atomic E-state index is 4.93. The maximum Gasteiger partial charge on any atom is 0.194 e. The number of rotatable bonds is 8. The van der Waals surface area contributed by atoms with Crippen LogP contribution in [0.15, 0.2) is 21.8 Å². The Labute approximate surface area is 157 Å². The molecule has 7 nitrogen and oxygen atoms in total. The highest BCUT2D eigenvalue weighted by Crippen LogP contribution is 2.28. The summed E-state index contributed by atoms with van der Waals surface area (Å²) in [5, 5.41) is 7.49. The molecule has 146 valence electrons. The summed E-state index contributed by atoms with van der Waals surface area (Å²) in [4.78, 5) is 12.3. The highest BCUT2D eigenvalue weighted by atomic mass is 16.5. The first kappa shape index (κ1) is 19.2. The number of nitrogens with zero attached hydrogens (tertiary/aromatic N) is 5. The van der Waals surface area contributed by atoms with E-state index in [1.807, 2.05) is 6.07 Å². The molecule has 3 rings (SSSR count). The summed E-state index contributed by atoms with van der Waals surface area (Å²) in [6.07, 6.45) is 4.36. The first-order valence-electron chi connectivity index (χ1n) is 10.1. The molecule has 2 aliphatic rings. The largest absolute Gasteiger partial charge is 0.364 e. The minimum atomic E-state index is 0.611. The van der Waals surface area contributed by atoms with Crippen molar-refractivity contribution in [3.8, 4) is 0 Å². The molecule has 26 heavy (non-hydrogen) atoms. The molecule has 1 saturated heterocycles. The second kappa shape index (κ2) is 9.37. The molecule has 0 bridgehead atoms. The van der Waals surface area contributed by atoms with Crippen LogP contribution in [0.4, 0.5) is 0 Å². The van der Waals surface area contributed by atoms with Gasteiger partial charge in [0.25, 0.3) is 0 Å². The molecule has 7 heteroatoms. The zero-order chi connectivity index (χ0) is 18.4. The van der Waals surface area contributed by atoms with Crippen molar-refractivity contribution in [1.82, 2.24) is 25.2 Å². The maximum atomic E-state index is 4.93. The lowest BCUT2D eigenvalue weighted by Crippen LogP contribution is -2.52. The third-order valence-corrected chi connectivity index (χ3v) is 5.18. The van der Waals surface area contributed by atoms with Crippen molar-refractivity contribution in [2.75, 3.05) is 45.8 Å². The van der Waals surface area contributed by atoms with Crippen molar-refractivity contribution in [2.45, 2.75) is 52.2 Å². The van der Waals surface area contributed by atoms with Gasteiger partial charge in [-0.1, -0.05) is 5.16 Å². The number of hydrogen-bond donors (Lipinski definition) is 1. The molecule has 0 atom stereocenters. The Balaban J connectivity index is 1.48. The van der Waals surface area contributed by atoms with Gasteiger partial charge in [-0.15, -0.1) is 0 Å². The molecule has 1 aromatic heterocycles. The molecule has 2 heterocycles. The quantitative estimate of drug-likeness (QED) is 0.560. The molecule has 0 aromatic carbocycles. The van der Waals surface area contributed by atoms with Crippen LogP contribution in [-0.4, -0.2) is 83.7 Å². The highest BCUT2D eigenvalue weighted by molar-refractivity contribution is 5.80. The summed E-state index contributed by atoms with van der Waals surface area (Å²) < 4.78 is 4.93. The third kappa shape index (κ3) is 5.45. The van der Waals surface area contributed by atoms with Gasteiger partial charge in [0.15, 0.2) is 5.96 Å². The van der Waals surface area contributed by atoms with E-state index in [2.05, 4.69) is 45.9 Å². The number of guanidine groups is 1. The monoisotopic (exact) mass is 362 g/mol. The fourth-order valence-corrected chi connectivity index (χ4v) is 3.63. The van der Waals surface area contributed by atoms with Gasteiger partial charge in [0.1, 0.15) is 6.26 Å². The van der Waals surface area contributed by atoms with Gasteiger partial charge in [0.05, 0.1) is 12.2 Å². The molecule has 1 saturated carbocycles. The summed E-state index contributed by atoms with van der Waals surface area (Å²) in [5.74, 6) is 1.06. The van der Waals surface area contributed by atoms with Gasteiger partial charge in [0, 0.05) is 64.0 Å². The van der Waals surface area contributed by atoms with Crippen LogP contribution in [0.3, 0.4) is 0 Å². The molecule has 1 aliphatic heterocycles. The number of piperazine rings is 1. The second-order valence-corrected chi connectivity index (χ2v) is 7.55. The first-order valence-corrected chi connectivity index (χ1v) is 10.1. The Bertz CT molecular complexity index is 544. The Hall–Kier alpha value is -1.60. The van der Waals surface area contributed by atoms with Gasteiger partial charge >= 0.3 is 0 Å². The van der Waals surface area contributed by atoms with Crippen LogP contribution in [0.5, 0.6) is 0 Å². The molecule has 1 aromatic rings. The van der Waals surface area contributed by atoms with Gasteiger partial charge in [-0.3, -0.25) is 14.8 Å². The van der Waals surface area contributed by atoms with E-state index in [4.69, 9.17) is 9.52 Å². The Morgan fingerprint density at radius 1 is 1.35 bits per heavy atom. The van der Waals surface area contributed by atoms with Gasteiger partial charge in [-0.05, 0) is 33.6 Å². The number of nitrogens with one attached hydrogen (secondary N) is 1.